The van der Waals surface area contributed by atoms with Gasteiger partial charge in [-0.15, -0.1) is 0 Å². The molecule has 1 heteroatoms. The van der Waals surface area contributed by atoms with Gasteiger partial charge in [-0.25, -0.2) is 0 Å². The molecule has 1 saturated carbocycles. The summed E-state index contributed by atoms with van der Waals surface area (Å²) < 4.78 is 0. The Morgan fingerprint density at radius 3 is 2.47 bits per heavy atom. The van der Waals surface area contributed by atoms with E-state index in [1.807, 2.05) is 0 Å². The molecule has 0 nitrogen and oxygen atoms in total. The van der Waals surface area contributed by atoms with Crippen molar-refractivity contribution in [3.05, 3.63) is 0 Å². The summed E-state index contributed by atoms with van der Waals surface area (Å²) in [7, 11) is 0. The summed E-state index contributed by atoms with van der Waals surface area (Å²) in [6.07, 6.45) is 8.33. The van der Waals surface area contributed by atoms with Crippen LogP contribution in [0.25, 0.3) is 0 Å². The minimum Gasteiger partial charge on any atom is -0.0887 e. The zero-order valence-corrected chi connectivity index (χ0v) is 14.0. The van der Waals surface area contributed by atoms with Crippen LogP contribution in [0.1, 0.15) is 73.1 Å². The lowest BCUT2D eigenvalue weighted by atomic mass is 9.65. The van der Waals surface area contributed by atoms with E-state index in [4.69, 9.17) is 0 Å². The van der Waals surface area contributed by atoms with Crippen molar-refractivity contribution in [1.29, 1.82) is 0 Å². The van der Waals surface area contributed by atoms with E-state index in [1.54, 1.807) is 0 Å². The van der Waals surface area contributed by atoms with Crippen molar-refractivity contribution in [3.63, 3.8) is 0 Å². The van der Waals surface area contributed by atoms with E-state index in [1.165, 1.54) is 38.5 Å². The highest BCUT2D eigenvalue weighted by Gasteiger charge is 2.38. The summed E-state index contributed by atoms with van der Waals surface area (Å²) in [5.74, 6) is 2.67. The van der Waals surface area contributed by atoms with Gasteiger partial charge in [0.15, 0.2) is 0 Å². The van der Waals surface area contributed by atoms with E-state index >= 15 is 0 Å². The van der Waals surface area contributed by atoms with E-state index in [0.717, 1.165) is 22.6 Å². The van der Waals surface area contributed by atoms with Gasteiger partial charge in [0.25, 0.3) is 0 Å². The Morgan fingerprint density at radius 2 is 1.94 bits per heavy atom. The van der Waals surface area contributed by atoms with E-state index in [0.29, 0.717) is 5.41 Å². The fourth-order valence-electron chi connectivity index (χ4n) is 3.84. The van der Waals surface area contributed by atoms with Crippen molar-refractivity contribution in [2.75, 3.05) is 0 Å². The zero-order chi connectivity index (χ0) is 13.1. The smallest absolute Gasteiger partial charge is 0.0181 e. The first-order valence-electron chi connectivity index (χ1n) is 7.51. The first kappa shape index (κ1) is 15.5. The van der Waals surface area contributed by atoms with Crippen molar-refractivity contribution in [3.8, 4) is 0 Å². The molecule has 0 amide bonds. The van der Waals surface area contributed by atoms with Gasteiger partial charge in [0.2, 0.25) is 0 Å². The van der Waals surface area contributed by atoms with Crippen LogP contribution in [0.3, 0.4) is 0 Å². The van der Waals surface area contributed by atoms with Gasteiger partial charge in [-0.1, -0.05) is 69.8 Å². The molecule has 1 rings (SSSR count). The fraction of sp³-hybridized carbons (Fsp3) is 1.00. The zero-order valence-electron chi connectivity index (χ0n) is 12.4. The van der Waals surface area contributed by atoms with Crippen LogP contribution in [-0.2, 0) is 0 Å². The van der Waals surface area contributed by atoms with E-state index in [9.17, 15) is 0 Å². The highest BCUT2D eigenvalue weighted by Crippen LogP contribution is 2.46. The van der Waals surface area contributed by atoms with Gasteiger partial charge in [-0.05, 0) is 42.4 Å². The van der Waals surface area contributed by atoms with E-state index < -0.39 is 0 Å². The standard InChI is InChI=1S/C16H31Br/c1-6-7-13(3)11-16(4,5)14-9-8-12(2)10-15(14)17/h12-15H,6-11H2,1-5H3. The Labute approximate surface area is 117 Å². The van der Waals surface area contributed by atoms with Crippen LogP contribution in [0.4, 0.5) is 0 Å². The molecule has 1 aliphatic rings. The molecule has 4 atom stereocenters. The Kier molecular flexibility index (Phi) is 6.02. The summed E-state index contributed by atoms with van der Waals surface area (Å²) in [5, 5.41) is 0. The Hall–Kier alpha value is 0.480. The van der Waals surface area contributed by atoms with Crippen molar-refractivity contribution in [2.24, 2.45) is 23.2 Å². The second-order valence-corrected chi connectivity index (χ2v) is 8.30. The van der Waals surface area contributed by atoms with Crippen LogP contribution in [-0.4, -0.2) is 4.83 Å². The highest BCUT2D eigenvalue weighted by atomic mass is 79.9. The predicted octanol–water partition coefficient (Wildman–Crippen LogP) is 6.04. The third-order valence-electron chi connectivity index (χ3n) is 4.69. The van der Waals surface area contributed by atoms with Crippen molar-refractivity contribution < 1.29 is 0 Å². The third-order valence-corrected chi connectivity index (χ3v) is 5.71. The number of alkyl halides is 1. The molecule has 0 spiro atoms. The maximum absolute atomic E-state index is 3.96. The van der Waals surface area contributed by atoms with Crippen LogP contribution in [0.5, 0.6) is 0 Å². The topological polar surface area (TPSA) is 0 Å². The monoisotopic (exact) mass is 302 g/mol. The number of halogens is 1. The quantitative estimate of drug-likeness (QED) is 0.543. The largest absolute Gasteiger partial charge is 0.0887 e. The third kappa shape index (κ3) is 4.58. The molecule has 102 valence electrons. The van der Waals surface area contributed by atoms with Crippen LogP contribution >= 0.6 is 15.9 Å². The molecule has 0 heterocycles. The van der Waals surface area contributed by atoms with Gasteiger partial charge < -0.3 is 0 Å². The van der Waals surface area contributed by atoms with Gasteiger partial charge in [-0.2, -0.15) is 0 Å². The molecular formula is C16H31Br. The summed E-state index contributed by atoms with van der Waals surface area (Å²) in [6.45, 7) is 12.1. The molecule has 1 aliphatic carbocycles. The number of rotatable bonds is 5. The van der Waals surface area contributed by atoms with Crippen molar-refractivity contribution in [1.82, 2.24) is 0 Å². The van der Waals surface area contributed by atoms with Gasteiger partial charge in [0, 0.05) is 4.83 Å². The molecule has 0 saturated heterocycles. The molecule has 0 aromatic carbocycles. The van der Waals surface area contributed by atoms with Crippen LogP contribution in [0.2, 0.25) is 0 Å². The Balaban J connectivity index is 2.56. The fourth-order valence-corrected chi connectivity index (χ4v) is 5.45. The lowest BCUT2D eigenvalue weighted by Gasteiger charge is -2.43. The summed E-state index contributed by atoms with van der Waals surface area (Å²) >= 11 is 3.96. The second-order valence-electron chi connectivity index (χ2n) is 7.13. The lowest BCUT2D eigenvalue weighted by Crippen LogP contribution is -2.36. The predicted molar refractivity (Wildman–Crippen MR) is 81.7 cm³/mol. The average Bonchev–Trinajstić information content (AvgIpc) is 2.15. The molecule has 17 heavy (non-hydrogen) atoms. The minimum absolute atomic E-state index is 0.503. The second kappa shape index (κ2) is 6.59. The van der Waals surface area contributed by atoms with Gasteiger partial charge in [-0.3, -0.25) is 0 Å². The molecule has 0 N–H and O–H groups in total. The molecular weight excluding hydrogens is 272 g/mol. The van der Waals surface area contributed by atoms with Crippen LogP contribution < -0.4 is 0 Å². The van der Waals surface area contributed by atoms with Crippen LogP contribution in [0, 0.1) is 23.2 Å². The maximum Gasteiger partial charge on any atom is 0.0181 e. The first-order chi connectivity index (χ1) is 7.86. The van der Waals surface area contributed by atoms with Crippen molar-refractivity contribution >= 4 is 15.9 Å². The van der Waals surface area contributed by atoms with E-state index in [2.05, 4.69) is 50.5 Å². The SMILES string of the molecule is CCCC(C)CC(C)(C)C1CCC(C)CC1Br. The summed E-state index contributed by atoms with van der Waals surface area (Å²) in [5.41, 5.74) is 0.503. The van der Waals surface area contributed by atoms with E-state index in [-0.39, 0.29) is 0 Å². The Bertz CT molecular complexity index is 222. The number of hydrogen-bond donors (Lipinski definition) is 0. The molecule has 0 bridgehead atoms. The molecule has 0 aliphatic heterocycles. The summed E-state index contributed by atoms with van der Waals surface area (Å²) in [4.78, 5) is 0.745. The Morgan fingerprint density at radius 1 is 1.29 bits per heavy atom. The lowest BCUT2D eigenvalue weighted by molar-refractivity contribution is 0.116. The van der Waals surface area contributed by atoms with Gasteiger partial charge >= 0.3 is 0 Å². The normalized spacial score (nSPS) is 32.5. The van der Waals surface area contributed by atoms with Gasteiger partial charge in [0.1, 0.15) is 0 Å². The first-order valence-corrected chi connectivity index (χ1v) is 8.42. The van der Waals surface area contributed by atoms with Crippen LogP contribution in [0.15, 0.2) is 0 Å². The highest BCUT2D eigenvalue weighted by molar-refractivity contribution is 9.09. The average molecular weight is 303 g/mol. The molecule has 0 radical (unpaired) electrons. The molecule has 0 aromatic heterocycles. The van der Waals surface area contributed by atoms with Crippen molar-refractivity contribution in [2.45, 2.75) is 78.0 Å². The maximum atomic E-state index is 3.96. The van der Waals surface area contributed by atoms with Gasteiger partial charge in [0.05, 0.1) is 0 Å². The molecule has 1 fully saturated rings. The minimum atomic E-state index is 0.503. The molecule has 4 unspecified atom stereocenters. The summed E-state index contributed by atoms with van der Waals surface area (Å²) in [6, 6.07) is 0. The molecule has 0 aromatic rings. The number of hydrogen-bond acceptors (Lipinski definition) is 0.